The smallest absolute Gasteiger partial charge is 0.306 e. The monoisotopic (exact) mass is 795 g/mol. The second-order valence-corrected chi connectivity index (χ2v) is 16.9. The number of esters is 2. The third-order valence-corrected chi connectivity index (χ3v) is 10.9. The van der Waals surface area contributed by atoms with Crippen LogP contribution in [-0.2, 0) is 38.7 Å². The summed E-state index contributed by atoms with van der Waals surface area (Å²) in [6.07, 6.45) is 21.5. The van der Waals surface area contributed by atoms with Crippen molar-refractivity contribution in [3.05, 3.63) is 0 Å². The van der Waals surface area contributed by atoms with Gasteiger partial charge in [-0.1, -0.05) is 168 Å². The van der Waals surface area contributed by atoms with Crippen molar-refractivity contribution in [2.45, 2.75) is 230 Å². The Morgan fingerprint density at radius 1 is 0.556 bits per heavy atom. The number of aliphatic hydroxyl groups excluding tert-OH is 3. The van der Waals surface area contributed by atoms with Gasteiger partial charge < -0.3 is 34.3 Å². The van der Waals surface area contributed by atoms with Crippen LogP contribution in [0, 0.1) is 0 Å². The van der Waals surface area contributed by atoms with Crippen LogP contribution in [0.15, 0.2) is 0 Å². The fourth-order valence-electron chi connectivity index (χ4n) is 6.79. The fraction of sp³-hybridized carbons (Fsp3) is 0.951. The normalized spacial score (nSPS) is 20.9. The summed E-state index contributed by atoms with van der Waals surface area (Å²) in [6, 6.07) is 0. The molecule has 1 heterocycles. The number of carbonyl (C=O) groups excluding carboxylic acids is 2. The molecule has 1 fully saturated rings. The number of rotatable bonds is 36. The van der Waals surface area contributed by atoms with Crippen LogP contribution in [0.4, 0.5) is 0 Å². The Kier molecular flexibility index (Phi) is 30.7. The van der Waals surface area contributed by atoms with Crippen molar-refractivity contribution in [2.75, 3.05) is 19.0 Å². The molecular formula is C41H78O12S. The zero-order chi connectivity index (χ0) is 39.9. The van der Waals surface area contributed by atoms with E-state index in [2.05, 4.69) is 13.8 Å². The molecule has 1 aliphatic heterocycles. The summed E-state index contributed by atoms with van der Waals surface area (Å²) in [4.78, 5) is 25.3. The standard InChI is InChI=1S/C41H78O12S/c1-3-5-7-9-11-13-15-17-19-21-23-25-27-29-36(42)50-31-34(32-51-41-40(46)39(45)38(44)35(53-41)33-54(47,48)49)52-37(43)30-28-26-24-22-20-18-16-14-12-10-8-6-4-2/h34-35,38-41,44-46H,3-33H2,1-2H3,(H,47,48,49)/t34?,35-,38-,39+,40-,41?/m1/s1. The third-order valence-electron chi connectivity index (χ3n) is 10.2. The van der Waals surface area contributed by atoms with Crippen LogP contribution in [0.5, 0.6) is 0 Å². The third kappa shape index (κ3) is 27.3. The fourth-order valence-corrected chi connectivity index (χ4v) is 7.49. The molecule has 0 aromatic carbocycles. The summed E-state index contributed by atoms with van der Waals surface area (Å²) in [7, 11) is -4.59. The van der Waals surface area contributed by atoms with Gasteiger partial charge in [0.25, 0.3) is 10.1 Å². The van der Waals surface area contributed by atoms with Gasteiger partial charge >= 0.3 is 11.9 Å². The van der Waals surface area contributed by atoms with Crippen molar-refractivity contribution >= 4 is 22.1 Å². The largest absolute Gasteiger partial charge is 0.462 e. The lowest BCUT2D eigenvalue weighted by Crippen LogP contribution is -2.60. The highest BCUT2D eigenvalue weighted by molar-refractivity contribution is 7.85. The second kappa shape index (κ2) is 32.7. The van der Waals surface area contributed by atoms with Crippen LogP contribution in [0.2, 0.25) is 0 Å². The Morgan fingerprint density at radius 2 is 0.944 bits per heavy atom. The van der Waals surface area contributed by atoms with Gasteiger partial charge in [-0.15, -0.1) is 0 Å². The molecule has 0 amide bonds. The maximum absolute atomic E-state index is 12.8. The van der Waals surface area contributed by atoms with E-state index in [0.29, 0.717) is 12.8 Å². The van der Waals surface area contributed by atoms with Gasteiger partial charge in [-0.25, -0.2) is 0 Å². The predicted octanol–water partition coefficient (Wildman–Crippen LogP) is 8.12. The maximum atomic E-state index is 12.8. The molecule has 54 heavy (non-hydrogen) atoms. The lowest BCUT2D eigenvalue weighted by Gasteiger charge is -2.40. The van der Waals surface area contributed by atoms with Crippen LogP contribution in [0.25, 0.3) is 0 Å². The molecule has 0 spiro atoms. The summed E-state index contributed by atoms with van der Waals surface area (Å²) < 4.78 is 53.9. The van der Waals surface area contributed by atoms with Crippen LogP contribution >= 0.6 is 0 Å². The first-order valence-electron chi connectivity index (χ1n) is 21.6. The molecule has 4 N–H and O–H groups in total. The van der Waals surface area contributed by atoms with Crippen molar-refractivity contribution in [3.8, 4) is 0 Å². The molecule has 0 aromatic heterocycles. The average molecular weight is 795 g/mol. The Hall–Kier alpha value is -1.35. The summed E-state index contributed by atoms with van der Waals surface area (Å²) in [5, 5.41) is 30.8. The summed E-state index contributed by atoms with van der Waals surface area (Å²) in [5.74, 6) is -1.97. The van der Waals surface area contributed by atoms with E-state index < -0.39 is 71.2 Å². The van der Waals surface area contributed by atoms with Gasteiger partial charge in [-0.3, -0.25) is 14.1 Å². The molecule has 0 bridgehead atoms. The van der Waals surface area contributed by atoms with Crippen molar-refractivity contribution in [2.24, 2.45) is 0 Å². The lowest BCUT2D eigenvalue weighted by molar-refractivity contribution is -0.297. The molecule has 0 radical (unpaired) electrons. The highest BCUT2D eigenvalue weighted by Crippen LogP contribution is 2.24. The minimum absolute atomic E-state index is 0.172. The SMILES string of the molecule is CCCCCCCCCCCCCCCC(=O)OCC(COC1O[C@H](CS(=O)(=O)O)[C@@H](O)[C@H](O)[C@H]1O)OC(=O)CCCCCCCCCCCCCCC. The molecular weight excluding hydrogens is 717 g/mol. The van der Waals surface area contributed by atoms with E-state index in [0.717, 1.165) is 38.5 Å². The minimum Gasteiger partial charge on any atom is -0.462 e. The molecule has 13 heteroatoms. The maximum Gasteiger partial charge on any atom is 0.306 e. The number of unbranched alkanes of at least 4 members (excludes halogenated alkanes) is 24. The molecule has 1 rings (SSSR count). The molecule has 320 valence electrons. The molecule has 0 aromatic rings. The Bertz CT molecular complexity index is 1030. The average Bonchev–Trinajstić information content (AvgIpc) is 3.13. The Labute approximate surface area is 327 Å². The molecule has 6 atom stereocenters. The number of hydrogen-bond donors (Lipinski definition) is 4. The lowest BCUT2D eigenvalue weighted by atomic mass is 10.00. The van der Waals surface area contributed by atoms with E-state index in [1.54, 1.807) is 0 Å². The van der Waals surface area contributed by atoms with E-state index in [9.17, 15) is 37.9 Å². The van der Waals surface area contributed by atoms with Gasteiger partial charge in [0.15, 0.2) is 12.4 Å². The van der Waals surface area contributed by atoms with Crippen molar-refractivity contribution in [1.82, 2.24) is 0 Å². The summed E-state index contributed by atoms with van der Waals surface area (Å²) >= 11 is 0. The van der Waals surface area contributed by atoms with Crippen LogP contribution < -0.4 is 0 Å². The zero-order valence-corrected chi connectivity index (χ0v) is 34.7. The minimum atomic E-state index is -4.59. The summed E-state index contributed by atoms with van der Waals surface area (Å²) in [6.45, 7) is 3.76. The van der Waals surface area contributed by atoms with Gasteiger partial charge in [0.1, 0.15) is 36.8 Å². The van der Waals surface area contributed by atoms with E-state index >= 15 is 0 Å². The molecule has 0 saturated carbocycles. The van der Waals surface area contributed by atoms with Gasteiger partial charge in [0.2, 0.25) is 0 Å². The highest BCUT2D eigenvalue weighted by Gasteiger charge is 2.46. The molecule has 1 aliphatic rings. The second-order valence-electron chi connectivity index (χ2n) is 15.4. The van der Waals surface area contributed by atoms with Crippen molar-refractivity contribution in [3.63, 3.8) is 0 Å². The molecule has 0 aliphatic carbocycles. The van der Waals surface area contributed by atoms with Gasteiger partial charge in [-0.05, 0) is 12.8 Å². The van der Waals surface area contributed by atoms with Crippen molar-refractivity contribution in [1.29, 1.82) is 0 Å². The van der Waals surface area contributed by atoms with Crippen LogP contribution in [0.1, 0.15) is 194 Å². The van der Waals surface area contributed by atoms with E-state index in [4.69, 9.17) is 18.9 Å². The topological polar surface area (TPSA) is 186 Å². The Balaban J connectivity index is 2.46. The molecule has 2 unspecified atom stereocenters. The number of hydrogen-bond acceptors (Lipinski definition) is 11. The van der Waals surface area contributed by atoms with Crippen molar-refractivity contribution < 1.29 is 56.8 Å². The van der Waals surface area contributed by atoms with Crippen LogP contribution in [-0.4, -0.2) is 96.0 Å². The van der Waals surface area contributed by atoms with E-state index in [1.807, 2.05) is 0 Å². The molecule has 1 saturated heterocycles. The Morgan fingerprint density at radius 3 is 1.35 bits per heavy atom. The number of carbonyl (C=O) groups is 2. The van der Waals surface area contributed by atoms with Crippen LogP contribution in [0.3, 0.4) is 0 Å². The first kappa shape index (κ1) is 50.7. The first-order valence-corrected chi connectivity index (χ1v) is 23.2. The van der Waals surface area contributed by atoms with Gasteiger partial charge in [-0.2, -0.15) is 8.42 Å². The summed E-state index contributed by atoms with van der Waals surface area (Å²) in [5.41, 5.74) is 0. The number of ether oxygens (including phenoxy) is 4. The predicted molar refractivity (Wildman–Crippen MR) is 211 cm³/mol. The van der Waals surface area contributed by atoms with Gasteiger partial charge in [0.05, 0.1) is 6.61 Å². The first-order chi connectivity index (χ1) is 26.0. The number of aliphatic hydroxyl groups is 3. The van der Waals surface area contributed by atoms with Gasteiger partial charge in [0, 0.05) is 12.8 Å². The quantitative estimate of drug-likeness (QED) is 0.0272. The zero-order valence-electron chi connectivity index (χ0n) is 33.8. The van der Waals surface area contributed by atoms with E-state index in [1.165, 1.54) is 116 Å². The molecule has 12 nitrogen and oxygen atoms in total. The van der Waals surface area contributed by atoms with E-state index in [-0.39, 0.29) is 19.4 Å². The highest BCUT2D eigenvalue weighted by atomic mass is 32.2.